The Hall–Kier alpha value is -2.46. The SMILES string of the molecule is COc1ccc(-c2csc(NC(=O)c3ccc(C)c(S(=O)(=O)N4CCCCC4)c3)n2)cc1Cl. The molecule has 0 unspecified atom stereocenters. The van der Waals surface area contributed by atoms with Crippen LogP contribution >= 0.6 is 22.9 Å². The summed E-state index contributed by atoms with van der Waals surface area (Å²) >= 11 is 7.47. The smallest absolute Gasteiger partial charge is 0.257 e. The van der Waals surface area contributed by atoms with Crippen LogP contribution in [-0.2, 0) is 10.0 Å². The number of carbonyl (C=O) groups is 1. The minimum atomic E-state index is -3.65. The van der Waals surface area contributed by atoms with Gasteiger partial charge in [-0.15, -0.1) is 11.3 Å². The molecule has 1 aromatic heterocycles. The molecule has 0 aliphatic carbocycles. The minimum Gasteiger partial charge on any atom is -0.495 e. The number of hydrogen-bond acceptors (Lipinski definition) is 6. The van der Waals surface area contributed by atoms with E-state index in [4.69, 9.17) is 16.3 Å². The molecule has 0 bridgehead atoms. The molecule has 1 aliphatic rings. The molecule has 10 heteroatoms. The Morgan fingerprint density at radius 2 is 1.91 bits per heavy atom. The summed E-state index contributed by atoms with van der Waals surface area (Å²) in [7, 11) is -2.10. The number of aromatic nitrogens is 1. The quantitative estimate of drug-likeness (QED) is 0.497. The second-order valence-electron chi connectivity index (χ2n) is 7.79. The van der Waals surface area contributed by atoms with Gasteiger partial charge in [0.05, 0.1) is 22.7 Å². The highest BCUT2D eigenvalue weighted by Crippen LogP contribution is 2.32. The van der Waals surface area contributed by atoms with E-state index in [0.717, 1.165) is 24.8 Å². The predicted octanol–water partition coefficient (Wildman–Crippen LogP) is 5.21. The van der Waals surface area contributed by atoms with Crippen LogP contribution in [0.4, 0.5) is 5.13 Å². The largest absolute Gasteiger partial charge is 0.495 e. The summed E-state index contributed by atoms with van der Waals surface area (Å²) in [5.41, 5.74) is 2.34. The van der Waals surface area contributed by atoms with Crippen LogP contribution in [0, 0.1) is 6.92 Å². The fourth-order valence-corrected chi connectivity index (χ4v) is 6.46. The molecule has 174 valence electrons. The number of amides is 1. The summed E-state index contributed by atoms with van der Waals surface area (Å²) in [6, 6.07) is 10.1. The van der Waals surface area contributed by atoms with Gasteiger partial charge in [0, 0.05) is 29.6 Å². The van der Waals surface area contributed by atoms with E-state index in [1.807, 2.05) is 11.4 Å². The average molecular weight is 506 g/mol. The Labute approximate surface area is 202 Å². The minimum absolute atomic E-state index is 0.171. The first-order chi connectivity index (χ1) is 15.8. The van der Waals surface area contributed by atoms with E-state index in [2.05, 4.69) is 10.3 Å². The number of ether oxygens (including phenoxy) is 1. The standard InChI is InChI=1S/C23H24ClN3O4S2/c1-15-6-7-17(13-21(15)33(29,30)27-10-4-3-5-11-27)22(28)26-23-25-19(14-32-23)16-8-9-20(31-2)18(24)12-16/h6-9,12-14H,3-5,10-11H2,1-2H3,(H,25,26,28). The van der Waals surface area contributed by atoms with Crippen molar-refractivity contribution in [2.24, 2.45) is 0 Å². The molecule has 1 saturated heterocycles. The van der Waals surface area contributed by atoms with Crippen molar-refractivity contribution < 1.29 is 17.9 Å². The number of piperidine rings is 1. The Morgan fingerprint density at radius 1 is 1.15 bits per heavy atom. The topological polar surface area (TPSA) is 88.6 Å². The van der Waals surface area contributed by atoms with Crippen LogP contribution in [0.5, 0.6) is 5.75 Å². The number of anilines is 1. The van der Waals surface area contributed by atoms with Gasteiger partial charge in [-0.3, -0.25) is 10.1 Å². The maximum Gasteiger partial charge on any atom is 0.257 e. The van der Waals surface area contributed by atoms with Gasteiger partial charge in [0.1, 0.15) is 5.75 Å². The lowest BCUT2D eigenvalue weighted by molar-refractivity contribution is 0.102. The van der Waals surface area contributed by atoms with Crippen molar-refractivity contribution in [3.05, 3.63) is 57.9 Å². The number of nitrogens with one attached hydrogen (secondary N) is 1. The summed E-state index contributed by atoms with van der Waals surface area (Å²) in [5, 5.41) is 5.45. The molecule has 1 N–H and O–H groups in total. The first kappa shape index (κ1) is 23.7. The summed E-state index contributed by atoms with van der Waals surface area (Å²) in [6.07, 6.45) is 2.74. The number of methoxy groups -OCH3 is 1. The molecule has 0 saturated carbocycles. The third-order valence-corrected chi connectivity index (χ3v) is 8.65. The molecule has 4 rings (SSSR count). The second kappa shape index (κ2) is 9.80. The zero-order valence-corrected chi connectivity index (χ0v) is 20.7. The van der Waals surface area contributed by atoms with Crippen LogP contribution in [0.2, 0.25) is 5.02 Å². The van der Waals surface area contributed by atoms with Gasteiger partial charge in [-0.05, 0) is 55.7 Å². The number of nitrogens with zero attached hydrogens (tertiary/aromatic N) is 2. The number of rotatable bonds is 6. The maximum absolute atomic E-state index is 13.1. The normalized spacial score (nSPS) is 14.8. The first-order valence-electron chi connectivity index (χ1n) is 10.5. The molecule has 0 atom stereocenters. The summed E-state index contributed by atoms with van der Waals surface area (Å²) in [6.45, 7) is 2.76. The fourth-order valence-electron chi connectivity index (χ4n) is 3.72. The number of thiazole rings is 1. The molecule has 0 radical (unpaired) electrons. The molecule has 0 spiro atoms. The zero-order valence-electron chi connectivity index (χ0n) is 18.3. The molecular formula is C23H24ClN3O4S2. The van der Waals surface area contributed by atoms with Crippen LogP contribution < -0.4 is 10.1 Å². The molecule has 3 aromatic rings. The molecular weight excluding hydrogens is 482 g/mol. The lowest BCUT2D eigenvalue weighted by Gasteiger charge is -2.26. The van der Waals surface area contributed by atoms with E-state index >= 15 is 0 Å². The van der Waals surface area contributed by atoms with Crippen molar-refractivity contribution in [2.45, 2.75) is 31.1 Å². The molecule has 1 aliphatic heterocycles. The van der Waals surface area contributed by atoms with Crippen molar-refractivity contribution in [1.82, 2.24) is 9.29 Å². The van der Waals surface area contributed by atoms with Crippen LogP contribution in [0.15, 0.2) is 46.7 Å². The molecule has 2 aromatic carbocycles. The van der Waals surface area contributed by atoms with Gasteiger partial charge in [0.25, 0.3) is 5.91 Å². The van der Waals surface area contributed by atoms with Crippen molar-refractivity contribution in [3.63, 3.8) is 0 Å². The maximum atomic E-state index is 13.1. The highest BCUT2D eigenvalue weighted by molar-refractivity contribution is 7.89. The van der Waals surface area contributed by atoms with Gasteiger partial charge in [-0.2, -0.15) is 4.31 Å². The Morgan fingerprint density at radius 3 is 2.61 bits per heavy atom. The molecule has 33 heavy (non-hydrogen) atoms. The van der Waals surface area contributed by atoms with Crippen molar-refractivity contribution in [3.8, 4) is 17.0 Å². The third-order valence-electron chi connectivity index (χ3n) is 5.56. The van der Waals surface area contributed by atoms with Crippen LogP contribution in [0.1, 0.15) is 35.2 Å². The molecule has 2 heterocycles. The monoisotopic (exact) mass is 505 g/mol. The second-order valence-corrected chi connectivity index (χ2v) is 11.0. The van der Waals surface area contributed by atoms with E-state index in [9.17, 15) is 13.2 Å². The van der Waals surface area contributed by atoms with Gasteiger partial charge in [0.2, 0.25) is 10.0 Å². The number of halogens is 1. The number of sulfonamides is 1. The van der Waals surface area contributed by atoms with Gasteiger partial charge in [0.15, 0.2) is 5.13 Å². The summed E-state index contributed by atoms with van der Waals surface area (Å²) in [5.74, 6) is 0.151. The fraction of sp³-hybridized carbons (Fsp3) is 0.304. The van der Waals surface area contributed by atoms with Crippen molar-refractivity contribution >= 4 is 44.0 Å². The van der Waals surface area contributed by atoms with Gasteiger partial charge < -0.3 is 4.74 Å². The number of benzene rings is 2. The highest BCUT2D eigenvalue weighted by Gasteiger charge is 2.28. The van der Waals surface area contributed by atoms with E-state index in [1.165, 1.54) is 21.7 Å². The predicted molar refractivity (Wildman–Crippen MR) is 131 cm³/mol. The van der Waals surface area contributed by atoms with E-state index in [1.54, 1.807) is 38.3 Å². The first-order valence-corrected chi connectivity index (χ1v) is 13.2. The molecule has 7 nitrogen and oxygen atoms in total. The van der Waals surface area contributed by atoms with Gasteiger partial charge >= 0.3 is 0 Å². The third kappa shape index (κ3) is 5.06. The Bertz CT molecular complexity index is 1280. The van der Waals surface area contributed by atoms with Crippen molar-refractivity contribution in [1.29, 1.82) is 0 Å². The highest BCUT2D eigenvalue weighted by atomic mass is 35.5. The number of carbonyl (C=O) groups excluding carboxylic acids is 1. The van der Waals surface area contributed by atoms with Crippen LogP contribution in [0.25, 0.3) is 11.3 Å². The Balaban J connectivity index is 1.54. The Kier molecular flexibility index (Phi) is 7.04. The van der Waals surface area contributed by atoms with E-state index in [-0.39, 0.29) is 10.5 Å². The number of hydrogen-bond donors (Lipinski definition) is 1. The zero-order chi connectivity index (χ0) is 23.6. The summed E-state index contributed by atoms with van der Waals surface area (Å²) in [4.78, 5) is 17.5. The van der Waals surface area contributed by atoms with Crippen LogP contribution in [-0.4, -0.2) is 43.8 Å². The molecule has 1 fully saturated rings. The lowest BCUT2D eigenvalue weighted by atomic mass is 10.1. The van der Waals surface area contributed by atoms with Gasteiger partial charge in [-0.25, -0.2) is 13.4 Å². The lowest BCUT2D eigenvalue weighted by Crippen LogP contribution is -2.36. The average Bonchev–Trinajstić information content (AvgIpc) is 3.28. The summed E-state index contributed by atoms with van der Waals surface area (Å²) < 4.78 is 33.0. The molecule has 1 amide bonds. The van der Waals surface area contributed by atoms with E-state index in [0.29, 0.717) is 40.3 Å². The number of aryl methyl sites for hydroxylation is 1. The van der Waals surface area contributed by atoms with Gasteiger partial charge in [-0.1, -0.05) is 24.1 Å². The van der Waals surface area contributed by atoms with Crippen molar-refractivity contribution in [2.75, 3.05) is 25.5 Å². The van der Waals surface area contributed by atoms with E-state index < -0.39 is 15.9 Å². The van der Waals surface area contributed by atoms with Crippen LogP contribution in [0.3, 0.4) is 0 Å².